The maximum Gasteiger partial charge on any atom is 0.410 e. The minimum Gasteiger partial charge on any atom is -0.444 e. The number of aromatic nitrogens is 8. The van der Waals surface area contributed by atoms with Gasteiger partial charge in [0.25, 0.3) is 0 Å². The van der Waals surface area contributed by atoms with Crippen LogP contribution in [0, 0.1) is 7.40 Å². The molecule has 2 amide bonds. The summed E-state index contributed by atoms with van der Waals surface area (Å²) in [6.45, 7) is 12.7. The minimum atomic E-state index is -0.501. The molecular formula is C38H45ClI2N10O4. The molecule has 0 bridgehead atoms. The average Bonchev–Trinajstić information content (AvgIpc) is 3.83. The number of pyridine rings is 4. The summed E-state index contributed by atoms with van der Waals surface area (Å²) in [5.74, 6) is 0.426. The van der Waals surface area contributed by atoms with E-state index in [1.165, 1.54) is 4.90 Å². The summed E-state index contributed by atoms with van der Waals surface area (Å²) in [6.07, 6.45) is 10.3. The van der Waals surface area contributed by atoms with Crippen molar-refractivity contribution in [3.63, 3.8) is 0 Å². The molecule has 0 aliphatic carbocycles. The molecule has 1 N–H and O–H groups in total. The van der Waals surface area contributed by atoms with Crippen molar-refractivity contribution in [2.24, 2.45) is 0 Å². The molecule has 0 radical (unpaired) electrons. The molecule has 55 heavy (non-hydrogen) atoms. The highest BCUT2D eigenvalue weighted by Gasteiger charge is 2.20. The third-order valence-corrected chi connectivity index (χ3v) is 8.67. The van der Waals surface area contributed by atoms with Gasteiger partial charge in [-0.3, -0.25) is 19.7 Å². The van der Waals surface area contributed by atoms with Crippen molar-refractivity contribution in [3.05, 3.63) is 81.0 Å². The highest BCUT2D eigenvalue weighted by atomic mass is 127. The van der Waals surface area contributed by atoms with E-state index < -0.39 is 11.2 Å². The van der Waals surface area contributed by atoms with E-state index in [2.05, 4.69) is 80.4 Å². The molecule has 0 aliphatic heterocycles. The van der Waals surface area contributed by atoms with Gasteiger partial charge in [0.05, 0.1) is 41.0 Å². The molecule has 0 atom stereocenters. The standard InChI is InChI=1S/C19H22IN5O2.C11H7IN4.C8H16ClNO2/c1-19(2,3)27-18(26)24(4)7-8-25-12-14(11-22-25)13-9-16-15(21-10-13)5-6-17(20)23-16;12-11-2-1-9-10(16-11)3-7(4-13-9)8-5-14-15-6-8;1-8(2,3)12-7(11)10(4)6-5-9/h5-6,9-12H,7-8H2,1-4H3;1-6H,(H,14,15);5-6H2,1-4H3. The van der Waals surface area contributed by atoms with Crippen molar-refractivity contribution in [3.8, 4) is 22.3 Å². The molecule has 0 aliphatic rings. The first-order valence-corrected chi connectivity index (χ1v) is 19.9. The van der Waals surface area contributed by atoms with Gasteiger partial charge < -0.3 is 19.3 Å². The van der Waals surface area contributed by atoms with Crippen LogP contribution in [0.15, 0.2) is 73.6 Å². The van der Waals surface area contributed by atoms with E-state index >= 15 is 0 Å². The van der Waals surface area contributed by atoms with Crippen LogP contribution in [0.3, 0.4) is 0 Å². The monoisotopic (exact) mass is 994 g/mol. The number of aromatic amines is 1. The third-order valence-electron chi connectivity index (χ3n) is 7.30. The first kappa shape index (κ1) is 43.6. The normalized spacial score (nSPS) is 11.3. The van der Waals surface area contributed by atoms with E-state index in [1.54, 1.807) is 31.4 Å². The van der Waals surface area contributed by atoms with Gasteiger partial charge in [-0.05, 0) is 123 Å². The van der Waals surface area contributed by atoms with Crippen molar-refractivity contribution in [1.29, 1.82) is 0 Å². The zero-order valence-corrected chi connectivity index (χ0v) is 37.1. The Balaban J connectivity index is 0.000000203. The number of likely N-dealkylation sites (N-methyl/N-ethyl adjacent to an activating group) is 1. The Kier molecular flexibility index (Phi) is 15.5. The lowest BCUT2D eigenvalue weighted by Crippen LogP contribution is -2.35. The number of H-pyrrole nitrogens is 1. The maximum atomic E-state index is 12.0. The Morgan fingerprint density at radius 3 is 1.71 bits per heavy atom. The van der Waals surface area contributed by atoms with Crippen LogP contribution in [0.1, 0.15) is 41.5 Å². The summed E-state index contributed by atoms with van der Waals surface area (Å²) < 4.78 is 14.1. The van der Waals surface area contributed by atoms with Crippen LogP contribution in [-0.2, 0) is 16.0 Å². The zero-order chi connectivity index (χ0) is 40.3. The number of hydrogen-bond donors (Lipinski definition) is 1. The average molecular weight is 995 g/mol. The Morgan fingerprint density at radius 1 is 0.727 bits per heavy atom. The summed E-state index contributed by atoms with van der Waals surface area (Å²) in [4.78, 5) is 44.0. The highest BCUT2D eigenvalue weighted by Crippen LogP contribution is 2.23. The van der Waals surface area contributed by atoms with E-state index in [0.717, 1.165) is 51.7 Å². The van der Waals surface area contributed by atoms with Crippen LogP contribution in [0.25, 0.3) is 44.3 Å². The van der Waals surface area contributed by atoms with Crippen molar-refractivity contribution in [1.82, 2.24) is 49.7 Å². The molecule has 0 saturated carbocycles. The number of nitrogens with one attached hydrogen (secondary N) is 1. The number of alkyl halides is 1. The van der Waals surface area contributed by atoms with E-state index in [0.29, 0.717) is 25.5 Å². The molecule has 17 heteroatoms. The van der Waals surface area contributed by atoms with E-state index in [4.69, 9.17) is 21.1 Å². The number of hydrogen-bond acceptors (Lipinski definition) is 10. The number of nitrogens with zero attached hydrogens (tertiary/aromatic N) is 9. The third kappa shape index (κ3) is 14.1. The fourth-order valence-corrected chi connectivity index (χ4v) is 5.70. The Morgan fingerprint density at radius 2 is 1.24 bits per heavy atom. The second-order valence-electron chi connectivity index (χ2n) is 14.3. The number of carbonyl (C=O) groups is 2. The smallest absolute Gasteiger partial charge is 0.410 e. The van der Waals surface area contributed by atoms with Crippen molar-refractivity contribution in [2.75, 3.05) is 33.1 Å². The number of fused-ring (bicyclic) bond motifs is 2. The molecule has 6 heterocycles. The van der Waals surface area contributed by atoms with Crippen molar-refractivity contribution < 1.29 is 19.1 Å². The second kappa shape index (κ2) is 19.6. The van der Waals surface area contributed by atoms with Gasteiger partial charge in [-0.2, -0.15) is 10.2 Å². The van der Waals surface area contributed by atoms with Crippen LogP contribution >= 0.6 is 56.8 Å². The lowest BCUT2D eigenvalue weighted by molar-refractivity contribution is 0.0287. The number of rotatable bonds is 7. The molecule has 6 aromatic rings. The van der Waals surface area contributed by atoms with Crippen LogP contribution < -0.4 is 0 Å². The summed E-state index contributed by atoms with van der Waals surface area (Å²) in [6, 6.07) is 11.9. The number of carbonyl (C=O) groups excluding carboxylic acids is 2. The summed E-state index contributed by atoms with van der Waals surface area (Å²) >= 11 is 9.85. The summed E-state index contributed by atoms with van der Waals surface area (Å²) in [7, 11) is 3.38. The van der Waals surface area contributed by atoms with Gasteiger partial charge in [0.15, 0.2) is 0 Å². The lowest BCUT2D eigenvalue weighted by atomic mass is 10.1. The molecule has 0 aromatic carbocycles. The van der Waals surface area contributed by atoms with E-state index in [9.17, 15) is 9.59 Å². The molecule has 0 saturated heterocycles. The van der Waals surface area contributed by atoms with Gasteiger partial charge in [0.1, 0.15) is 18.6 Å². The number of ether oxygens (including phenoxy) is 2. The van der Waals surface area contributed by atoms with Gasteiger partial charge >= 0.3 is 12.2 Å². The molecule has 0 unspecified atom stereocenters. The zero-order valence-electron chi connectivity index (χ0n) is 32.0. The van der Waals surface area contributed by atoms with E-state index in [-0.39, 0.29) is 12.2 Å². The van der Waals surface area contributed by atoms with Crippen molar-refractivity contribution in [2.45, 2.75) is 59.3 Å². The fraction of sp³-hybridized carbons (Fsp3) is 0.368. The largest absolute Gasteiger partial charge is 0.444 e. The lowest BCUT2D eigenvalue weighted by Gasteiger charge is -2.24. The molecule has 0 fully saturated rings. The summed E-state index contributed by atoms with van der Waals surface area (Å²) in [5.41, 5.74) is 6.58. The maximum absolute atomic E-state index is 12.0. The molecule has 6 rings (SSSR count). The van der Waals surface area contributed by atoms with E-state index in [1.807, 2.05) is 107 Å². The number of halogens is 3. The van der Waals surface area contributed by atoms with Crippen LogP contribution in [0.4, 0.5) is 9.59 Å². The predicted molar refractivity (Wildman–Crippen MR) is 232 cm³/mol. The fourth-order valence-electron chi connectivity index (χ4n) is 4.56. The Hall–Kier alpha value is -4.17. The topological polar surface area (TPSA) is 157 Å². The van der Waals surface area contributed by atoms with Gasteiger partial charge in [0, 0.05) is 80.1 Å². The molecule has 6 aromatic heterocycles. The SMILES string of the molecule is CN(CCCl)C(=O)OC(C)(C)C.CN(CCn1cc(-c2cnc3ccc(I)nc3c2)cn1)C(=O)OC(C)(C)C.Ic1ccc2ncc(-c3cn[nH]c3)cc2n1. The molecule has 0 spiro atoms. The Bertz CT molecular complexity index is 2190. The summed E-state index contributed by atoms with van der Waals surface area (Å²) in [5, 5.41) is 11.1. The number of amides is 2. The van der Waals surface area contributed by atoms with Gasteiger partial charge in [-0.15, -0.1) is 11.6 Å². The molecule has 292 valence electrons. The van der Waals surface area contributed by atoms with Crippen LogP contribution in [0.2, 0.25) is 0 Å². The van der Waals surface area contributed by atoms with Crippen LogP contribution in [-0.4, -0.2) is 106 Å². The van der Waals surface area contributed by atoms with Gasteiger partial charge in [-0.25, -0.2) is 19.6 Å². The minimum absolute atomic E-state index is 0.330. The second-order valence-corrected chi connectivity index (χ2v) is 16.9. The van der Waals surface area contributed by atoms with Crippen molar-refractivity contribution >= 4 is 91.0 Å². The quantitative estimate of drug-likeness (QED) is 0.0933. The van der Waals surface area contributed by atoms with Crippen LogP contribution in [0.5, 0.6) is 0 Å². The first-order valence-electron chi connectivity index (χ1n) is 17.2. The highest BCUT2D eigenvalue weighted by molar-refractivity contribution is 14.1. The first-order chi connectivity index (χ1) is 25.9. The van der Waals surface area contributed by atoms with Gasteiger partial charge in [0.2, 0.25) is 0 Å². The molecular weight excluding hydrogens is 950 g/mol. The predicted octanol–water partition coefficient (Wildman–Crippen LogP) is 8.68. The molecule has 14 nitrogen and oxygen atoms in total. The van der Waals surface area contributed by atoms with Gasteiger partial charge in [-0.1, -0.05) is 0 Å². The Labute approximate surface area is 353 Å².